The van der Waals surface area contributed by atoms with Gasteiger partial charge in [0.25, 0.3) is 10.0 Å². The van der Waals surface area contributed by atoms with Gasteiger partial charge < -0.3 is 20.4 Å². The summed E-state index contributed by atoms with van der Waals surface area (Å²) in [5.74, 6) is 1.26. The SMILES string of the molecule is Cc1cnc2nc1Nc1ccc(NC(=O)CC3CCN(S(=O)(=O)c4ccco4)CC3)c(c1)CCc1cccc(c1)N2. The average molecular weight is 573 g/mol. The van der Waals surface area contributed by atoms with Crippen LogP contribution in [-0.2, 0) is 27.7 Å². The molecule has 4 heterocycles. The summed E-state index contributed by atoms with van der Waals surface area (Å²) < 4.78 is 32.0. The Labute approximate surface area is 239 Å². The molecule has 2 aliphatic rings. The third kappa shape index (κ3) is 6.10. The van der Waals surface area contributed by atoms with Gasteiger partial charge >= 0.3 is 0 Å². The molecule has 0 spiro atoms. The van der Waals surface area contributed by atoms with Crippen LogP contribution in [0.25, 0.3) is 0 Å². The van der Waals surface area contributed by atoms with Crippen LogP contribution in [0.4, 0.5) is 28.8 Å². The lowest BCUT2D eigenvalue weighted by atomic mass is 9.94. The van der Waals surface area contributed by atoms with Crippen molar-refractivity contribution < 1.29 is 17.6 Å². The molecule has 3 N–H and O–H groups in total. The molecule has 0 aliphatic carbocycles. The summed E-state index contributed by atoms with van der Waals surface area (Å²) in [6.07, 6.45) is 6.25. The van der Waals surface area contributed by atoms with Crippen molar-refractivity contribution in [1.29, 1.82) is 0 Å². The van der Waals surface area contributed by atoms with Gasteiger partial charge in [0.2, 0.25) is 16.9 Å². The van der Waals surface area contributed by atoms with Crippen molar-refractivity contribution in [2.75, 3.05) is 29.0 Å². The lowest BCUT2D eigenvalue weighted by molar-refractivity contribution is -0.117. The number of anilines is 5. The number of piperidine rings is 1. The van der Waals surface area contributed by atoms with Gasteiger partial charge in [0.05, 0.1) is 6.26 Å². The zero-order chi connectivity index (χ0) is 28.4. The number of carbonyl (C=O) groups is 1. The number of hydrogen-bond donors (Lipinski definition) is 3. The number of rotatable bonds is 5. The van der Waals surface area contributed by atoms with Crippen LogP contribution >= 0.6 is 0 Å². The molecule has 0 atom stereocenters. The number of fused-ring (bicyclic) bond motifs is 6. The number of carbonyl (C=O) groups excluding carboxylic acids is 1. The van der Waals surface area contributed by atoms with E-state index in [4.69, 9.17) is 4.42 Å². The Morgan fingerprint density at radius 3 is 2.68 bits per heavy atom. The summed E-state index contributed by atoms with van der Waals surface area (Å²) in [5, 5.41) is 9.78. The first-order valence-corrected chi connectivity index (χ1v) is 15.2. The summed E-state index contributed by atoms with van der Waals surface area (Å²) in [6, 6.07) is 17.1. The smallest absolute Gasteiger partial charge is 0.276 e. The summed E-state index contributed by atoms with van der Waals surface area (Å²) in [7, 11) is -3.63. The van der Waals surface area contributed by atoms with E-state index in [1.165, 1.54) is 16.6 Å². The number of hydrogen-bond acceptors (Lipinski definition) is 8. The lowest BCUT2D eigenvalue weighted by Crippen LogP contribution is -2.39. The van der Waals surface area contributed by atoms with E-state index in [2.05, 4.69) is 44.1 Å². The quantitative estimate of drug-likeness (QED) is 0.290. The van der Waals surface area contributed by atoms with Gasteiger partial charge in [-0.1, -0.05) is 12.1 Å². The fraction of sp³-hybridized carbons (Fsp3) is 0.300. The molecule has 1 fully saturated rings. The molecule has 2 aromatic heterocycles. The highest BCUT2D eigenvalue weighted by atomic mass is 32.2. The first-order chi connectivity index (χ1) is 19.8. The number of furan rings is 1. The molecule has 10 nitrogen and oxygen atoms in total. The molecule has 0 unspecified atom stereocenters. The number of benzene rings is 2. The van der Waals surface area contributed by atoms with Crippen LogP contribution < -0.4 is 16.0 Å². The van der Waals surface area contributed by atoms with Crippen LogP contribution in [0.3, 0.4) is 0 Å². The minimum Gasteiger partial charge on any atom is -0.452 e. The molecule has 6 rings (SSSR count). The van der Waals surface area contributed by atoms with E-state index in [0.717, 1.165) is 46.6 Å². The summed E-state index contributed by atoms with van der Waals surface area (Å²) in [5.41, 5.74) is 5.67. The standard InChI is InChI=1S/C30H32N6O4S/c1-20-19-31-30-33-24-5-2-4-21(16-24)7-8-23-18-25(32-29(20)35-30)9-10-26(23)34-27(37)17-22-11-13-36(14-12-22)41(38,39)28-6-3-15-40-28/h2-6,9-10,15-16,18-19,22H,7-8,11-14,17H2,1H3,(H,34,37)(H2,31,32,33,35). The Morgan fingerprint density at radius 1 is 1.05 bits per heavy atom. The minimum atomic E-state index is -3.63. The van der Waals surface area contributed by atoms with Crippen LogP contribution in [0, 0.1) is 12.8 Å². The second kappa shape index (κ2) is 11.3. The molecule has 4 aromatic rings. The first-order valence-electron chi connectivity index (χ1n) is 13.8. The summed E-state index contributed by atoms with van der Waals surface area (Å²) >= 11 is 0. The highest BCUT2D eigenvalue weighted by Gasteiger charge is 2.31. The number of amides is 1. The summed E-state index contributed by atoms with van der Waals surface area (Å²) in [4.78, 5) is 22.2. The molecule has 6 bridgehead atoms. The minimum absolute atomic E-state index is 0.0425. The van der Waals surface area contributed by atoms with Crippen molar-refractivity contribution in [2.45, 2.75) is 44.1 Å². The Bertz CT molecular complexity index is 1660. The fourth-order valence-corrected chi connectivity index (χ4v) is 6.71. The van der Waals surface area contributed by atoms with Gasteiger partial charge in [-0.3, -0.25) is 4.79 Å². The van der Waals surface area contributed by atoms with Gasteiger partial charge in [0.1, 0.15) is 5.82 Å². The van der Waals surface area contributed by atoms with Crippen LogP contribution in [0.2, 0.25) is 0 Å². The second-order valence-corrected chi connectivity index (χ2v) is 12.4. The van der Waals surface area contributed by atoms with Gasteiger partial charge in [0.15, 0.2) is 0 Å². The fourth-order valence-electron chi connectivity index (χ4n) is 5.33. The van der Waals surface area contributed by atoms with Crippen molar-refractivity contribution in [3.63, 3.8) is 0 Å². The van der Waals surface area contributed by atoms with Crippen molar-refractivity contribution in [1.82, 2.24) is 14.3 Å². The molecule has 0 saturated carbocycles. The van der Waals surface area contributed by atoms with Crippen LogP contribution in [-0.4, -0.2) is 41.7 Å². The van der Waals surface area contributed by atoms with Gasteiger partial charge in [-0.25, -0.2) is 13.4 Å². The lowest BCUT2D eigenvalue weighted by Gasteiger charge is -2.30. The number of nitrogens with zero attached hydrogens (tertiary/aromatic N) is 3. The van der Waals surface area contributed by atoms with Crippen LogP contribution in [0.15, 0.2) is 76.6 Å². The monoisotopic (exact) mass is 572 g/mol. The molecule has 0 radical (unpaired) electrons. The van der Waals surface area contributed by atoms with Crippen LogP contribution in [0.1, 0.15) is 36.0 Å². The van der Waals surface area contributed by atoms with E-state index < -0.39 is 10.0 Å². The predicted molar refractivity (Wildman–Crippen MR) is 157 cm³/mol. The maximum Gasteiger partial charge on any atom is 0.276 e. The Balaban J connectivity index is 1.16. The molecule has 41 heavy (non-hydrogen) atoms. The molecule has 212 valence electrons. The largest absolute Gasteiger partial charge is 0.452 e. The van der Waals surface area contributed by atoms with Crippen molar-refractivity contribution in [3.05, 3.63) is 83.7 Å². The highest BCUT2D eigenvalue weighted by Crippen LogP contribution is 2.30. The van der Waals surface area contributed by atoms with E-state index in [9.17, 15) is 13.2 Å². The Kier molecular flexibility index (Phi) is 7.46. The van der Waals surface area contributed by atoms with Gasteiger partial charge in [-0.05, 0) is 92.1 Å². The molecule has 2 aliphatic heterocycles. The molecule has 1 saturated heterocycles. The molecule has 11 heteroatoms. The average Bonchev–Trinajstić information content (AvgIpc) is 3.51. The zero-order valence-corrected chi connectivity index (χ0v) is 23.6. The molecule has 2 aromatic carbocycles. The molecule has 1 amide bonds. The Morgan fingerprint density at radius 2 is 1.88 bits per heavy atom. The van der Waals surface area contributed by atoms with Crippen molar-refractivity contribution in [2.24, 2.45) is 5.92 Å². The first kappa shape index (κ1) is 27.0. The second-order valence-electron chi connectivity index (χ2n) is 10.6. The topological polar surface area (TPSA) is 129 Å². The highest BCUT2D eigenvalue weighted by molar-refractivity contribution is 7.89. The van der Waals surface area contributed by atoms with Gasteiger partial charge in [-0.2, -0.15) is 9.29 Å². The maximum atomic E-state index is 13.1. The van der Waals surface area contributed by atoms with E-state index in [-0.39, 0.29) is 16.9 Å². The van der Waals surface area contributed by atoms with E-state index in [1.807, 2.05) is 31.2 Å². The summed E-state index contributed by atoms with van der Waals surface area (Å²) in [6.45, 7) is 2.69. The molecular formula is C30H32N6O4S. The third-order valence-corrected chi connectivity index (χ3v) is 9.40. The van der Waals surface area contributed by atoms with E-state index in [0.29, 0.717) is 44.1 Å². The molecular weight excluding hydrogens is 540 g/mol. The maximum absolute atomic E-state index is 13.1. The number of aromatic nitrogens is 2. The van der Waals surface area contributed by atoms with E-state index >= 15 is 0 Å². The van der Waals surface area contributed by atoms with Crippen molar-refractivity contribution in [3.8, 4) is 0 Å². The van der Waals surface area contributed by atoms with Crippen LogP contribution in [0.5, 0.6) is 0 Å². The van der Waals surface area contributed by atoms with Crippen molar-refractivity contribution >= 4 is 44.8 Å². The number of nitrogens with one attached hydrogen (secondary N) is 3. The van der Waals surface area contributed by atoms with Gasteiger partial charge in [-0.15, -0.1) is 0 Å². The third-order valence-electron chi connectivity index (χ3n) is 7.62. The number of sulfonamides is 1. The van der Waals surface area contributed by atoms with Gasteiger partial charge in [0, 0.05) is 48.3 Å². The zero-order valence-electron chi connectivity index (χ0n) is 22.8. The predicted octanol–water partition coefficient (Wildman–Crippen LogP) is 5.39. The number of aryl methyl sites for hydroxylation is 3. The van der Waals surface area contributed by atoms with E-state index in [1.54, 1.807) is 12.3 Å². The Hall–Kier alpha value is -4.22. The normalized spacial score (nSPS) is 15.9.